The Balaban J connectivity index is 1.75. The second-order valence-corrected chi connectivity index (χ2v) is 6.06. The van der Waals surface area contributed by atoms with Crippen molar-refractivity contribution in [2.24, 2.45) is 0 Å². The van der Waals surface area contributed by atoms with Crippen molar-refractivity contribution < 1.29 is 9.47 Å². The summed E-state index contributed by atoms with van der Waals surface area (Å²) >= 11 is 0. The molecule has 0 saturated carbocycles. The first-order valence-corrected chi connectivity index (χ1v) is 8.09. The highest BCUT2D eigenvalue weighted by Gasteiger charge is 2.24. The SMILES string of the molecule is CNC1CCCN(C(C)c2ccc3c(c2)OCCCO3)C1. The van der Waals surface area contributed by atoms with E-state index in [1.54, 1.807) is 0 Å². The van der Waals surface area contributed by atoms with E-state index in [0.717, 1.165) is 37.7 Å². The topological polar surface area (TPSA) is 33.7 Å². The molecule has 2 aliphatic heterocycles. The van der Waals surface area contributed by atoms with Crippen LogP contribution in [0.25, 0.3) is 0 Å². The van der Waals surface area contributed by atoms with Crippen LogP contribution in [0.2, 0.25) is 0 Å². The van der Waals surface area contributed by atoms with E-state index in [1.165, 1.54) is 24.9 Å². The third-order valence-electron chi connectivity index (χ3n) is 4.66. The summed E-state index contributed by atoms with van der Waals surface area (Å²) in [5.74, 6) is 1.79. The average Bonchev–Trinajstić information content (AvgIpc) is 2.78. The van der Waals surface area contributed by atoms with E-state index in [4.69, 9.17) is 9.47 Å². The summed E-state index contributed by atoms with van der Waals surface area (Å²) in [6.45, 7) is 6.07. The minimum atomic E-state index is 0.415. The molecule has 0 aromatic heterocycles. The molecule has 0 bridgehead atoms. The minimum absolute atomic E-state index is 0.415. The molecule has 4 nitrogen and oxygen atoms in total. The standard InChI is InChI=1S/C17H26N2O2/c1-13(19-8-3-5-15(12-19)18-2)14-6-7-16-17(11-14)21-10-4-9-20-16/h6-7,11,13,15,18H,3-5,8-10,12H2,1-2H3. The van der Waals surface area contributed by atoms with Gasteiger partial charge in [0.1, 0.15) is 0 Å². The van der Waals surface area contributed by atoms with Crippen molar-refractivity contribution >= 4 is 0 Å². The van der Waals surface area contributed by atoms with Gasteiger partial charge in [-0.1, -0.05) is 6.07 Å². The predicted molar refractivity (Wildman–Crippen MR) is 84.1 cm³/mol. The van der Waals surface area contributed by atoms with Crippen LogP contribution in [0.1, 0.15) is 37.8 Å². The molecule has 1 aromatic rings. The zero-order valence-electron chi connectivity index (χ0n) is 13.1. The fourth-order valence-corrected chi connectivity index (χ4v) is 3.24. The van der Waals surface area contributed by atoms with E-state index in [0.29, 0.717) is 12.1 Å². The van der Waals surface area contributed by atoms with Crippen LogP contribution in [-0.4, -0.2) is 44.3 Å². The Hall–Kier alpha value is -1.26. The zero-order valence-corrected chi connectivity index (χ0v) is 13.1. The van der Waals surface area contributed by atoms with Gasteiger partial charge < -0.3 is 14.8 Å². The van der Waals surface area contributed by atoms with Gasteiger partial charge in [-0.2, -0.15) is 0 Å². The zero-order chi connectivity index (χ0) is 14.7. The summed E-state index contributed by atoms with van der Waals surface area (Å²) in [6.07, 6.45) is 3.50. The number of ether oxygens (including phenoxy) is 2. The smallest absolute Gasteiger partial charge is 0.161 e. The first-order valence-electron chi connectivity index (χ1n) is 8.09. The quantitative estimate of drug-likeness (QED) is 0.928. The highest BCUT2D eigenvalue weighted by molar-refractivity contribution is 5.44. The molecule has 0 spiro atoms. The maximum absolute atomic E-state index is 5.81. The van der Waals surface area contributed by atoms with Crippen LogP contribution in [0.5, 0.6) is 11.5 Å². The number of nitrogens with one attached hydrogen (secondary N) is 1. The van der Waals surface area contributed by atoms with Crippen LogP contribution in [0.15, 0.2) is 18.2 Å². The maximum Gasteiger partial charge on any atom is 0.161 e. The third kappa shape index (κ3) is 3.33. The number of piperidine rings is 1. The largest absolute Gasteiger partial charge is 0.490 e. The molecule has 0 radical (unpaired) electrons. The molecule has 1 N–H and O–H groups in total. The maximum atomic E-state index is 5.81. The van der Waals surface area contributed by atoms with Crippen molar-refractivity contribution in [1.29, 1.82) is 0 Å². The number of likely N-dealkylation sites (tertiary alicyclic amines) is 1. The minimum Gasteiger partial charge on any atom is -0.490 e. The number of hydrogen-bond acceptors (Lipinski definition) is 4. The average molecular weight is 290 g/mol. The molecule has 4 heteroatoms. The Labute approximate surface area is 127 Å². The molecule has 2 heterocycles. The molecule has 1 fully saturated rings. The van der Waals surface area contributed by atoms with Crippen molar-refractivity contribution in [3.8, 4) is 11.5 Å². The van der Waals surface area contributed by atoms with E-state index in [9.17, 15) is 0 Å². The van der Waals surface area contributed by atoms with Gasteiger partial charge in [-0.05, 0) is 51.1 Å². The van der Waals surface area contributed by atoms with Gasteiger partial charge in [-0.15, -0.1) is 0 Å². The first-order chi connectivity index (χ1) is 10.3. The van der Waals surface area contributed by atoms with Gasteiger partial charge in [-0.3, -0.25) is 4.90 Å². The molecular weight excluding hydrogens is 264 g/mol. The Morgan fingerprint density at radius 1 is 1.19 bits per heavy atom. The molecule has 116 valence electrons. The summed E-state index contributed by atoms with van der Waals surface area (Å²) < 4.78 is 11.5. The van der Waals surface area contributed by atoms with Gasteiger partial charge >= 0.3 is 0 Å². The Bertz CT molecular complexity index is 478. The summed E-state index contributed by atoms with van der Waals surface area (Å²) in [5, 5.41) is 3.41. The van der Waals surface area contributed by atoms with Crippen LogP contribution in [-0.2, 0) is 0 Å². The van der Waals surface area contributed by atoms with Gasteiger partial charge in [-0.25, -0.2) is 0 Å². The summed E-state index contributed by atoms with van der Waals surface area (Å²) in [6, 6.07) is 7.43. The lowest BCUT2D eigenvalue weighted by molar-refractivity contribution is 0.149. The Morgan fingerprint density at radius 2 is 2.00 bits per heavy atom. The van der Waals surface area contributed by atoms with Gasteiger partial charge in [0, 0.05) is 25.0 Å². The van der Waals surface area contributed by atoms with Gasteiger partial charge in [0.15, 0.2) is 11.5 Å². The summed E-state index contributed by atoms with van der Waals surface area (Å²) in [5.41, 5.74) is 1.32. The van der Waals surface area contributed by atoms with E-state index >= 15 is 0 Å². The molecule has 3 rings (SSSR count). The van der Waals surface area contributed by atoms with Crippen LogP contribution >= 0.6 is 0 Å². The Morgan fingerprint density at radius 3 is 2.81 bits per heavy atom. The number of likely N-dealkylation sites (N-methyl/N-ethyl adjacent to an activating group) is 1. The first kappa shape index (κ1) is 14.7. The molecule has 2 aliphatic rings. The lowest BCUT2D eigenvalue weighted by Gasteiger charge is -2.37. The molecule has 1 aromatic carbocycles. The van der Waals surface area contributed by atoms with Crippen molar-refractivity contribution in [3.63, 3.8) is 0 Å². The molecule has 1 saturated heterocycles. The number of benzene rings is 1. The van der Waals surface area contributed by atoms with Crippen LogP contribution in [0.4, 0.5) is 0 Å². The third-order valence-corrected chi connectivity index (χ3v) is 4.66. The molecule has 2 unspecified atom stereocenters. The van der Waals surface area contributed by atoms with Crippen LogP contribution in [0, 0.1) is 0 Å². The predicted octanol–water partition coefficient (Wildman–Crippen LogP) is 2.59. The molecule has 0 aliphatic carbocycles. The number of rotatable bonds is 3. The molecule has 0 amide bonds. The highest BCUT2D eigenvalue weighted by Crippen LogP contribution is 2.34. The van der Waals surface area contributed by atoms with Crippen molar-refractivity contribution in [2.75, 3.05) is 33.4 Å². The van der Waals surface area contributed by atoms with Crippen LogP contribution < -0.4 is 14.8 Å². The molecule has 2 atom stereocenters. The number of nitrogens with zero attached hydrogens (tertiary/aromatic N) is 1. The van der Waals surface area contributed by atoms with Crippen molar-refractivity contribution in [3.05, 3.63) is 23.8 Å². The normalized spacial score (nSPS) is 24.4. The fraction of sp³-hybridized carbons (Fsp3) is 0.647. The van der Waals surface area contributed by atoms with Crippen molar-refractivity contribution in [2.45, 2.75) is 38.3 Å². The summed E-state index contributed by atoms with van der Waals surface area (Å²) in [4.78, 5) is 2.56. The second-order valence-electron chi connectivity index (χ2n) is 6.06. The monoisotopic (exact) mass is 290 g/mol. The number of hydrogen-bond donors (Lipinski definition) is 1. The lowest BCUT2D eigenvalue weighted by Crippen LogP contribution is -2.45. The Kier molecular flexibility index (Phi) is 4.66. The van der Waals surface area contributed by atoms with E-state index in [2.05, 4.69) is 42.4 Å². The van der Waals surface area contributed by atoms with E-state index in [-0.39, 0.29) is 0 Å². The van der Waals surface area contributed by atoms with Gasteiger partial charge in [0.05, 0.1) is 13.2 Å². The van der Waals surface area contributed by atoms with Crippen molar-refractivity contribution in [1.82, 2.24) is 10.2 Å². The van der Waals surface area contributed by atoms with Gasteiger partial charge in [0.25, 0.3) is 0 Å². The van der Waals surface area contributed by atoms with Crippen LogP contribution in [0.3, 0.4) is 0 Å². The van der Waals surface area contributed by atoms with E-state index < -0.39 is 0 Å². The second kappa shape index (κ2) is 6.67. The van der Waals surface area contributed by atoms with Gasteiger partial charge in [0.2, 0.25) is 0 Å². The number of fused-ring (bicyclic) bond motifs is 1. The van der Waals surface area contributed by atoms with E-state index in [1.807, 2.05) is 0 Å². The highest BCUT2D eigenvalue weighted by atomic mass is 16.5. The molecular formula is C17H26N2O2. The lowest BCUT2D eigenvalue weighted by atomic mass is 10.00. The molecule has 21 heavy (non-hydrogen) atoms. The fourth-order valence-electron chi connectivity index (χ4n) is 3.24. The summed E-state index contributed by atoms with van der Waals surface area (Å²) in [7, 11) is 2.06.